The standard InChI is InChI=1S/C20H20ClN3O3S/c1-11-17(18(24-20(28)22-11)12-5-4-6-13(21)9-12)19(25)23-15-10-14(26-2)7-8-16(15)27-3/h4-10,18H,1-3H3,(H,23,25)(H2,22,24,28)/t18-/m1/s1. The van der Waals surface area contributed by atoms with Crippen LogP contribution in [0, 0.1) is 0 Å². The molecule has 1 aliphatic rings. The van der Waals surface area contributed by atoms with Crippen molar-refractivity contribution in [1.29, 1.82) is 0 Å². The summed E-state index contributed by atoms with van der Waals surface area (Å²) in [7, 11) is 3.10. The predicted molar refractivity (Wildman–Crippen MR) is 114 cm³/mol. The molecule has 0 aliphatic carbocycles. The van der Waals surface area contributed by atoms with E-state index < -0.39 is 6.04 Å². The molecular weight excluding hydrogens is 398 g/mol. The lowest BCUT2D eigenvalue weighted by molar-refractivity contribution is -0.113. The van der Waals surface area contributed by atoms with Crippen LogP contribution in [-0.4, -0.2) is 25.2 Å². The van der Waals surface area contributed by atoms with Crippen LogP contribution in [0.3, 0.4) is 0 Å². The van der Waals surface area contributed by atoms with Gasteiger partial charge in [0.25, 0.3) is 5.91 Å². The van der Waals surface area contributed by atoms with Crippen LogP contribution in [0.5, 0.6) is 11.5 Å². The van der Waals surface area contributed by atoms with E-state index in [2.05, 4.69) is 16.0 Å². The molecule has 1 heterocycles. The summed E-state index contributed by atoms with van der Waals surface area (Å²) in [4.78, 5) is 13.2. The number of thiocarbonyl (C=S) groups is 1. The van der Waals surface area contributed by atoms with Crippen LogP contribution in [0.25, 0.3) is 0 Å². The van der Waals surface area contributed by atoms with E-state index >= 15 is 0 Å². The third-order valence-corrected chi connectivity index (χ3v) is 4.81. The molecule has 2 aromatic rings. The number of methoxy groups -OCH3 is 2. The first-order valence-corrected chi connectivity index (χ1v) is 9.28. The molecule has 0 fully saturated rings. The number of benzene rings is 2. The normalized spacial score (nSPS) is 16.1. The number of carbonyl (C=O) groups excluding carboxylic acids is 1. The van der Waals surface area contributed by atoms with Crippen LogP contribution >= 0.6 is 23.8 Å². The van der Waals surface area contributed by atoms with Gasteiger partial charge >= 0.3 is 0 Å². The molecule has 3 N–H and O–H groups in total. The quantitative estimate of drug-likeness (QED) is 0.643. The number of halogens is 1. The summed E-state index contributed by atoms with van der Waals surface area (Å²) in [5.41, 5.74) is 2.50. The smallest absolute Gasteiger partial charge is 0.255 e. The third-order valence-electron chi connectivity index (χ3n) is 4.35. The average molecular weight is 418 g/mol. The maximum absolute atomic E-state index is 13.2. The van der Waals surface area contributed by atoms with E-state index in [1.165, 1.54) is 0 Å². The molecule has 0 spiro atoms. The molecule has 6 nitrogen and oxygen atoms in total. The van der Waals surface area contributed by atoms with Crippen LogP contribution in [0.2, 0.25) is 5.02 Å². The summed E-state index contributed by atoms with van der Waals surface area (Å²) in [6.45, 7) is 1.81. The number of nitrogens with one attached hydrogen (secondary N) is 3. The molecule has 8 heteroatoms. The maximum atomic E-state index is 13.2. The number of amides is 1. The van der Waals surface area contributed by atoms with Crippen molar-refractivity contribution < 1.29 is 14.3 Å². The molecule has 0 radical (unpaired) electrons. The minimum Gasteiger partial charge on any atom is -0.497 e. The van der Waals surface area contributed by atoms with Gasteiger partial charge < -0.3 is 25.4 Å². The molecular formula is C20H20ClN3O3S. The predicted octanol–water partition coefficient (Wildman–Crippen LogP) is 3.79. The molecule has 0 aromatic heterocycles. The van der Waals surface area contributed by atoms with E-state index in [9.17, 15) is 4.79 Å². The Morgan fingerprint density at radius 1 is 1.18 bits per heavy atom. The highest BCUT2D eigenvalue weighted by Gasteiger charge is 2.30. The average Bonchev–Trinajstić information content (AvgIpc) is 2.67. The molecule has 0 saturated carbocycles. The Bertz CT molecular complexity index is 961. The number of hydrogen-bond acceptors (Lipinski definition) is 4. The van der Waals surface area contributed by atoms with Gasteiger partial charge in [-0.15, -0.1) is 0 Å². The van der Waals surface area contributed by atoms with Crippen LogP contribution in [0.4, 0.5) is 5.69 Å². The summed E-state index contributed by atoms with van der Waals surface area (Å²) in [5.74, 6) is 0.838. The lowest BCUT2D eigenvalue weighted by Crippen LogP contribution is -2.45. The van der Waals surface area contributed by atoms with Crippen molar-refractivity contribution in [3.05, 3.63) is 64.3 Å². The second-order valence-corrected chi connectivity index (χ2v) is 6.99. The minimum atomic E-state index is -0.441. The van der Waals surface area contributed by atoms with Crippen molar-refractivity contribution >= 4 is 40.5 Å². The van der Waals surface area contributed by atoms with Gasteiger partial charge in [-0.05, 0) is 49.0 Å². The summed E-state index contributed by atoms with van der Waals surface area (Å²) in [5, 5.41) is 10.1. The molecule has 28 heavy (non-hydrogen) atoms. The SMILES string of the molecule is COc1ccc(OC)c(NC(=O)C2=C(C)NC(=S)N[C@@H]2c2cccc(Cl)c2)c1. The minimum absolute atomic E-state index is 0.295. The highest BCUT2D eigenvalue weighted by molar-refractivity contribution is 7.80. The second-order valence-electron chi connectivity index (χ2n) is 6.15. The number of rotatable bonds is 5. The van der Waals surface area contributed by atoms with Gasteiger partial charge in [-0.2, -0.15) is 0 Å². The lowest BCUT2D eigenvalue weighted by atomic mass is 9.95. The molecule has 1 amide bonds. The van der Waals surface area contributed by atoms with E-state index in [4.69, 9.17) is 33.3 Å². The molecule has 3 rings (SSSR count). The monoisotopic (exact) mass is 417 g/mol. The fourth-order valence-electron chi connectivity index (χ4n) is 3.03. The van der Waals surface area contributed by atoms with Gasteiger partial charge in [0.1, 0.15) is 11.5 Å². The number of ether oxygens (including phenoxy) is 2. The first-order valence-electron chi connectivity index (χ1n) is 8.50. The van der Waals surface area contributed by atoms with Gasteiger partial charge in [0.2, 0.25) is 0 Å². The second kappa shape index (κ2) is 8.50. The highest BCUT2D eigenvalue weighted by Crippen LogP contribution is 2.32. The van der Waals surface area contributed by atoms with Crippen molar-refractivity contribution in [3.8, 4) is 11.5 Å². The Hall–Kier alpha value is -2.77. The van der Waals surface area contributed by atoms with E-state index in [0.717, 1.165) is 5.56 Å². The zero-order valence-electron chi connectivity index (χ0n) is 15.6. The molecule has 0 unspecified atom stereocenters. The zero-order chi connectivity index (χ0) is 20.3. The van der Waals surface area contributed by atoms with Crippen molar-refractivity contribution in [1.82, 2.24) is 10.6 Å². The fraction of sp³-hybridized carbons (Fsp3) is 0.200. The molecule has 0 bridgehead atoms. The summed E-state index contributed by atoms with van der Waals surface area (Å²) in [6.07, 6.45) is 0. The summed E-state index contributed by atoms with van der Waals surface area (Å²) in [6, 6.07) is 12.1. The van der Waals surface area contributed by atoms with Gasteiger partial charge in [0, 0.05) is 16.8 Å². The fourth-order valence-corrected chi connectivity index (χ4v) is 3.50. The van der Waals surface area contributed by atoms with Gasteiger partial charge in [-0.3, -0.25) is 4.79 Å². The van der Waals surface area contributed by atoms with Crippen molar-refractivity contribution in [2.24, 2.45) is 0 Å². The first-order chi connectivity index (χ1) is 13.4. The lowest BCUT2D eigenvalue weighted by Gasteiger charge is -2.30. The zero-order valence-corrected chi connectivity index (χ0v) is 17.2. The molecule has 1 atom stereocenters. The number of hydrogen-bond donors (Lipinski definition) is 3. The first kappa shape index (κ1) is 20.0. The van der Waals surface area contributed by atoms with Crippen molar-refractivity contribution in [3.63, 3.8) is 0 Å². The van der Waals surface area contributed by atoms with E-state index in [-0.39, 0.29) is 5.91 Å². The Balaban J connectivity index is 1.98. The van der Waals surface area contributed by atoms with Gasteiger partial charge in [0.15, 0.2) is 5.11 Å². The van der Waals surface area contributed by atoms with E-state index in [1.54, 1.807) is 44.6 Å². The van der Waals surface area contributed by atoms with Crippen LogP contribution in [0.15, 0.2) is 53.7 Å². The van der Waals surface area contributed by atoms with Crippen LogP contribution in [-0.2, 0) is 4.79 Å². The topological polar surface area (TPSA) is 71.6 Å². The number of carbonyl (C=O) groups is 1. The summed E-state index contributed by atoms with van der Waals surface area (Å²) >= 11 is 11.4. The van der Waals surface area contributed by atoms with Crippen molar-refractivity contribution in [2.75, 3.05) is 19.5 Å². The van der Waals surface area contributed by atoms with Crippen LogP contribution in [0.1, 0.15) is 18.5 Å². The number of anilines is 1. The summed E-state index contributed by atoms with van der Waals surface area (Å²) < 4.78 is 10.6. The molecule has 2 aromatic carbocycles. The molecule has 1 aliphatic heterocycles. The Morgan fingerprint density at radius 2 is 1.96 bits per heavy atom. The van der Waals surface area contributed by atoms with Crippen LogP contribution < -0.4 is 25.4 Å². The van der Waals surface area contributed by atoms with Gasteiger partial charge in [-0.1, -0.05) is 23.7 Å². The molecule has 146 valence electrons. The maximum Gasteiger partial charge on any atom is 0.255 e. The highest BCUT2D eigenvalue weighted by atomic mass is 35.5. The Kier molecular flexibility index (Phi) is 6.06. The van der Waals surface area contributed by atoms with E-state index in [0.29, 0.717) is 38.6 Å². The largest absolute Gasteiger partial charge is 0.497 e. The van der Waals surface area contributed by atoms with Crippen molar-refractivity contribution in [2.45, 2.75) is 13.0 Å². The Labute approximate surface area is 173 Å². The molecule has 0 saturated heterocycles. The van der Waals surface area contributed by atoms with Gasteiger partial charge in [0.05, 0.1) is 31.5 Å². The number of allylic oxidation sites excluding steroid dienone is 1. The van der Waals surface area contributed by atoms with E-state index in [1.807, 2.05) is 19.1 Å². The van der Waals surface area contributed by atoms with Gasteiger partial charge in [-0.25, -0.2) is 0 Å². The third kappa shape index (κ3) is 4.21. The Morgan fingerprint density at radius 3 is 2.64 bits per heavy atom.